The molecule has 0 bridgehead atoms. The van der Waals surface area contributed by atoms with Crippen LogP contribution in [0, 0.1) is 0 Å². The summed E-state index contributed by atoms with van der Waals surface area (Å²) in [7, 11) is 0. The lowest BCUT2D eigenvalue weighted by Gasteiger charge is -2.25. The molecule has 2 aromatic carbocycles. The van der Waals surface area contributed by atoms with Gasteiger partial charge in [0.1, 0.15) is 20.8 Å². The van der Waals surface area contributed by atoms with Gasteiger partial charge in [-0.15, -0.1) is 11.3 Å². The first-order valence-electron chi connectivity index (χ1n) is 11.1. The van der Waals surface area contributed by atoms with Crippen LogP contribution >= 0.6 is 22.9 Å². The molecule has 0 radical (unpaired) electrons. The summed E-state index contributed by atoms with van der Waals surface area (Å²) in [6.45, 7) is 3.30. The number of thiazole rings is 1. The highest BCUT2D eigenvalue weighted by atomic mass is 35.5. The zero-order valence-corrected chi connectivity index (χ0v) is 20.2. The van der Waals surface area contributed by atoms with E-state index in [4.69, 9.17) is 16.3 Å². The van der Waals surface area contributed by atoms with Crippen molar-refractivity contribution in [2.24, 2.45) is 0 Å². The smallest absolute Gasteiger partial charge is 0.233 e. The number of hydrogen-bond donors (Lipinski definition) is 1. The van der Waals surface area contributed by atoms with Crippen LogP contribution in [0.25, 0.3) is 0 Å². The number of nitrogens with zero attached hydrogens (tertiary/aromatic N) is 3. The molecule has 2 amide bonds. The first-order valence-corrected chi connectivity index (χ1v) is 12.2. The third-order valence-corrected chi connectivity index (χ3v) is 7.68. The Balaban J connectivity index is 1.46. The first-order chi connectivity index (χ1) is 16.4. The number of amides is 2. The van der Waals surface area contributed by atoms with E-state index in [0.717, 1.165) is 23.2 Å². The van der Waals surface area contributed by atoms with Crippen LogP contribution in [-0.4, -0.2) is 46.4 Å². The number of benzene rings is 2. The maximum absolute atomic E-state index is 13.3. The molecule has 2 aliphatic rings. The Labute approximate surface area is 206 Å². The number of halogens is 1. The average Bonchev–Trinajstić information content (AvgIpc) is 3.53. The zero-order chi connectivity index (χ0) is 23.9. The number of aliphatic hydroxyl groups excluding tert-OH is 1. The number of rotatable bonds is 5. The van der Waals surface area contributed by atoms with Gasteiger partial charge in [0.25, 0.3) is 0 Å². The maximum atomic E-state index is 13.3. The topological polar surface area (TPSA) is 83.0 Å². The summed E-state index contributed by atoms with van der Waals surface area (Å²) in [5, 5.41) is 9.94. The lowest BCUT2D eigenvalue weighted by Crippen LogP contribution is -2.40. The van der Waals surface area contributed by atoms with Crippen molar-refractivity contribution in [1.29, 1.82) is 0 Å². The van der Waals surface area contributed by atoms with Crippen LogP contribution in [0.1, 0.15) is 29.5 Å². The molecular weight excluding hydrogens is 474 g/mol. The fourth-order valence-corrected chi connectivity index (χ4v) is 5.77. The van der Waals surface area contributed by atoms with E-state index in [2.05, 4.69) is 4.98 Å². The number of aromatic nitrogens is 1. The standard InChI is InChI=1S/C25H24ClN3O4S/c1-16(31)28-9-8-25(14-28)15-29(24(32)11-23-27-12-22(26)34-23)21-7-6-19(10-20(21)25)33-18-4-2-17(13-30)3-5-18/h2-7,10,12,30H,8-9,11,13-15H2,1H3. The van der Waals surface area contributed by atoms with E-state index in [1.54, 1.807) is 13.1 Å². The molecule has 9 heteroatoms. The van der Waals surface area contributed by atoms with Crippen molar-refractivity contribution in [3.63, 3.8) is 0 Å². The van der Waals surface area contributed by atoms with Crippen LogP contribution in [-0.2, 0) is 28.0 Å². The van der Waals surface area contributed by atoms with Crippen molar-refractivity contribution in [2.75, 3.05) is 24.5 Å². The molecular formula is C25H24ClN3O4S. The minimum Gasteiger partial charge on any atom is -0.457 e. The van der Waals surface area contributed by atoms with E-state index in [1.165, 1.54) is 11.3 Å². The quantitative estimate of drug-likeness (QED) is 0.572. The molecule has 3 aromatic rings. The Morgan fingerprint density at radius 2 is 1.94 bits per heavy atom. The van der Waals surface area contributed by atoms with Crippen LogP contribution in [0.2, 0.25) is 4.34 Å². The fraction of sp³-hybridized carbons (Fsp3) is 0.320. The highest BCUT2D eigenvalue weighted by Gasteiger charge is 2.49. The molecule has 1 N–H and O–H groups in total. The van der Waals surface area contributed by atoms with Crippen LogP contribution in [0.4, 0.5) is 5.69 Å². The number of carbonyl (C=O) groups excluding carboxylic acids is 2. The Morgan fingerprint density at radius 3 is 2.59 bits per heavy atom. The largest absolute Gasteiger partial charge is 0.457 e. The summed E-state index contributed by atoms with van der Waals surface area (Å²) in [6.07, 6.45) is 2.52. The normalized spacial score (nSPS) is 19.0. The van der Waals surface area contributed by atoms with Crippen molar-refractivity contribution >= 4 is 40.4 Å². The van der Waals surface area contributed by atoms with E-state index in [0.29, 0.717) is 40.5 Å². The number of carbonyl (C=O) groups is 2. The summed E-state index contributed by atoms with van der Waals surface area (Å²) in [4.78, 5) is 33.3. The van der Waals surface area contributed by atoms with Crippen molar-refractivity contribution in [3.05, 3.63) is 69.1 Å². The van der Waals surface area contributed by atoms with Crippen molar-refractivity contribution in [1.82, 2.24) is 9.88 Å². The van der Waals surface area contributed by atoms with E-state index in [-0.39, 0.29) is 30.3 Å². The lowest BCUT2D eigenvalue weighted by atomic mass is 9.81. The monoisotopic (exact) mass is 497 g/mol. The molecule has 0 aliphatic carbocycles. The lowest BCUT2D eigenvalue weighted by molar-refractivity contribution is -0.127. The molecule has 3 heterocycles. The van der Waals surface area contributed by atoms with Crippen molar-refractivity contribution < 1.29 is 19.4 Å². The maximum Gasteiger partial charge on any atom is 0.233 e. The second-order valence-electron chi connectivity index (χ2n) is 8.77. The number of anilines is 1. The minimum atomic E-state index is -0.336. The Kier molecular flexibility index (Phi) is 6.06. The van der Waals surface area contributed by atoms with Crippen LogP contribution in [0.5, 0.6) is 11.5 Å². The van der Waals surface area contributed by atoms with Crippen LogP contribution < -0.4 is 9.64 Å². The van der Waals surface area contributed by atoms with Gasteiger partial charge in [0, 0.05) is 37.7 Å². The molecule has 34 heavy (non-hydrogen) atoms. The predicted octanol–water partition coefficient (Wildman–Crippen LogP) is 4.16. The fourth-order valence-electron chi connectivity index (χ4n) is 4.82. The molecule has 2 aliphatic heterocycles. The van der Waals surface area contributed by atoms with E-state index in [1.807, 2.05) is 52.3 Å². The van der Waals surface area contributed by atoms with Gasteiger partial charge in [-0.2, -0.15) is 0 Å². The summed E-state index contributed by atoms with van der Waals surface area (Å²) in [5.74, 6) is 1.32. The average molecular weight is 498 g/mol. The Hall–Kier alpha value is -2.94. The minimum absolute atomic E-state index is 0.0225. The Morgan fingerprint density at radius 1 is 1.18 bits per heavy atom. The third-order valence-electron chi connectivity index (χ3n) is 6.56. The number of aliphatic hydroxyl groups is 1. The van der Waals surface area contributed by atoms with Gasteiger partial charge >= 0.3 is 0 Å². The van der Waals surface area contributed by atoms with Crippen molar-refractivity contribution in [3.8, 4) is 11.5 Å². The second kappa shape index (κ2) is 9.02. The van der Waals surface area contributed by atoms with Crippen molar-refractivity contribution in [2.45, 2.75) is 31.8 Å². The van der Waals surface area contributed by atoms with Gasteiger partial charge in [0.05, 0.1) is 19.2 Å². The summed E-state index contributed by atoms with van der Waals surface area (Å²) in [6, 6.07) is 13.0. The number of fused-ring (bicyclic) bond motifs is 2. The highest BCUT2D eigenvalue weighted by Crippen LogP contribution is 2.48. The van der Waals surface area contributed by atoms with Gasteiger partial charge in [0.2, 0.25) is 11.8 Å². The van der Waals surface area contributed by atoms with Gasteiger partial charge < -0.3 is 19.6 Å². The van der Waals surface area contributed by atoms with Crippen LogP contribution in [0.3, 0.4) is 0 Å². The number of hydrogen-bond acceptors (Lipinski definition) is 6. The number of ether oxygens (including phenoxy) is 1. The zero-order valence-electron chi connectivity index (χ0n) is 18.7. The predicted molar refractivity (Wildman–Crippen MR) is 131 cm³/mol. The van der Waals surface area contributed by atoms with Gasteiger partial charge in [-0.1, -0.05) is 23.7 Å². The summed E-state index contributed by atoms with van der Waals surface area (Å²) < 4.78 is 6.64. The van der Waals surface area contributed by atoms with E-state index in [9.17, 15) is 14.7 Å². The van der Waals surface area contributed by atoms with Gasteiger partial charge in [-0.05, 0) is 47.9 Å². The van der Waals surface area contributed by atoms with E-state index < -0.39 is 0 Å². The SMILES string of the molecule is CC(=O)N1CCC2(C1)CN(C(=O)Cc1ncc(Cl)s1)c1ccc(Oc3ccc(CO)cc3)cc12. The van der Waals surface area contributed by atoms with Gasteiger partial charge in [-0.3, -0.25) is 9.59 Å². The molecule has 1 aromatic heterocycles. The number of likely N-dealkylation sites (tertiary alicyclic amines) is 1. The second-order valence-corrected chi connectivity index (χ2v) is 10.5. The molecule has 1 unspecified atom stereocenters. The highest BCUT2D eigenvalue weighted by molar-refractivity contribution is 7.15. The third kappa shape index (κ3) is 4.29. The molecule has 1 fully saturated rings. The van der Waals surface area contributed by atoms with Crippen LogP contribution in [0.15, 0.2) is 48.7 Å². The summed E-state index contributed by atoms with van der Waals surface area (Å²) in [5.41, 5.74) is 2.34. The molecule has 7 nitrogen and oxygen atoms in total. The molecule has 1 saturated heterocycles. The molecule has 5 rings (SSSR count). The summed E-state index contributed by atoms with van der Waals surface area (Å²) >= 11 is 7.31. The Bertz CT molecular complexity index is 1250. The molecule has 0 saturated carbocycles. The first kappa shape index (κ1) is 22.8. The molecule has 1 spiro atoms. The molecule has 176 valence electrons. The van der Waals surface area contributed by atoms with E-state index >= 15 is 0 Å². The molecule has 1 atom stereocenters. The van der Waals surface area contributed by atoms with Gasteiger partial charge in [0.15, 0.2) is 0 Å². The van der Waals surface area contributed by atoms with Gasteiger partial charge in [-0.25, -0.2) is 4.98 Å².